The van der Waals surface area contributed by atoms with E-state index in [-0.39, 0.29) is 31.6 Å². The van der Waals surface area contributed by atoms with E-state index < -0.39 is 6.10 Å². The summed E-state index contributed by atoms with van der Waals surface area (Å²) < 4.78 is 17.3. The van der Waals surface area contributed by atoms with Crippen molar-refractivity contribution in [1.29, 1.82) is 0 Å². The molecule has 0 aromatic rings. The van der Waals surface area contributed by atoms with Gasteiger partial charge < -0.3 is 14.2 Å². The first-order chi connectivity index (χ1) is 32.6. The molecule has 0 aliphatic heterocycles. The first kappa shape index (κ1) is 62.6. The molecule has 0 radical (unpaired) electrons. The summed E-state index contributed by atoms with van der Waals surface area (Å²) in [5, 5.41) is 0. The summed E-state index contributed by atoms with van der Waals surface area (Å²) in [5.74, 6) is -0.554. The molecule has 1 unspecified atom stereocenters. The molecule has 0 aromatic heterocycles. The summed E-state index contributed by atoms with van der Waals surface area (Å²) in [5.41, 5.74) is 0. The molecule has 5 nitrogen and oxygen atoms in total. The number of allylic oxidation sites excluding steroid dienone is 17. The standard InChI is InChI=1S/C61H102O5/c1-4-7-10-13-16-19-22-25-28-30-32-35-38-41-44-47-50-53-56-64-57-59(66-61(63)55-52-49-46-43-40-37-33-27-24-21-18-15-12-9-6-3)58-65-60(62)54-51-48-45-42-39-36-34-31-29-26-23-20-17-14-11-8-5-2/h7,9-10,12,16,18-19,21,25-29,33,40,43,49,52,59H,4-6,8,11,13-15,17,20,22-24,30-32,34-39,41-42,44-48,50-51,53-58H2,1-3H3/b10-7-,12-9-,19-16-,21-18-,28-25-,29-26-,33-27-,43-40-,52-49-. The fourth-order valence-corrected chi connectivity index (χ4v) is 7.30. The molecule has 1 atom stereocenters. The third-order valence-electron chi connectivity index (χ3n) is 11.3. The van der Waals surface area contributed by atoms with Gasteiger partial charge >= 0.3 is 11.9 Å². The van der Waals surface area contributed by atoms with Crippen LogP contribution in [-0.4, -0.2) is 37.9 Å². The minimum Gasteiger partial charge on any atom is -0.462 e. The zero-order chi connectivity index (χ0) is 47.7. The van der Waals surface area contributed by atoms with Crippen LogP contribution in [0, 0.1) is 0 Å². The van der Waals surface area contributed by atoms with Crippen LogP contribution >= 0.6 is 0 Å². The number of carbonyl (C=O) groups is 2. The van der Waals surface area contributed by atoms with Crippen LogP contribution in [-0.2, 0) is 23.8 Å². The number of carbonyl (C=O) groups excluding carboxylic acids is 2. The van der Waals surface area contributed by atoms with Crippen molar-refractivity contribution in [2.75, 3.05) is 19.8 Å². The molecule has 5 heteroatoms. The SMILES string of the molecule is CC/C=C\C/C=C\C/C=C\C/C=C\C/C=C\CC(=O)OC(COCCCCCCCCCC/C=C\C/C=C\C/C=C\CC)COC(=O)CCCCCCCCC/C=C\CCCCCCCC. The summed E-state index contributed by atoms with van der Waals surface area (Å²) >= 11 is 0. The summed E-state index contributed by atoms with van der Waals surface area (Å²) in [6, 6.07) is 0. The van der Waals surface area contributed by atoms with Gasteiger partial charge in [-0.25, -0.2) is 0 Å². The first-order valence-electron chi connectivity index (χ1n) is 27.4. The van der Waals surface area contributed by atoms with Gasteiger partial charge in [0.05, 0.1) is 13.0 Å². The molecule has 0 rings (SSSR count). The Morgan fingerprint density at radius 1 is 0.364 bits per heavy atom. The van der Waals surface area contributed by atoms with Gasteiger partial charge in [-0.15, -0.1) is 0 Å². The fourth-order valence-electron chi connectivity index (χ4n) is 7.30. The van der Waals surface area contributed by atoms with E-state index in [9.17, 15) is 9.59 Å². The third kappa shape index (κ3) is 53.2. The number of unbranched alkanes of at least 4 members (excludes halogenated alkanes) is 21. The summed E-state index contributed by atoms with van der Waals surface area (Å²) in [6.45, 7) is 7.48. The zero-order valence-electron chi connectivity index (χ0n) is 43.2. The van der Waals surface area contributed by atoms with Crippen molar-refractivity contribution in [2.45, 2.75) is 245 Å². The molecule has 0 spiro atoms. The van der Waals surface area contributed by atoms with Gasteiger partial charge in [-0.1, -0.05) is 233 Å². The maximum Gasteiger partial charge on any atom is 0.310 e. The van der Waals surface area contributed by atoms with Gasteiger partial charge in [0.2, 0.25) is 0 Å². The predicted molar refractivity (Wildman–Crippen MR) is 288 cm³/mol. The molecule has 0 bridgehead atoms. The molecule has 0 aliphatic carbocycles. The van der Waals surface area contributed by atoms with E-state index in [1.165, 1.54) is 122 Å². The molecular weight excluding hydrogens is 813 g/mol. The summed E-state index contributed by atoms with van der Waals surface area (Å²) in [6.07, 6.45) is 77.0. The minimum atomic E-state index is -0.603. The first-order valence-corrected chi connectivity index (χ1v) is 27.4. The lowest BCUT2D eigenvalue weighted by Gasteiger charge is -2.18. The minimum absolute atomic E-state index is 0.0351. The van der Waals surface area contributed by atoms with E-state index in [0.29, 0.717) is 13.0 Å². The molecule has 66 heavy (non-hydrogen) atoms. The molecular formula is C61H102O5. The van der Waals surface area contributed by atoms with E-state index in [1.54, 1.807) is 0 Å². The fraction of sp³-hybridized carbons (Fsp3) is 0.672. The second-order valence-electron chi connectivity index (χ2n) is 17.7. The molecule has 0 aromatic carbocycles. The molecule has 376 valence electrons. The van der Waals surface area contributed by atoms with Crippen LogP contribution in [0.5, 0.6) is 0 Å². The van der Waals surface area contributed by atoms with Gasteiger partial charge in [-0.05, 0) is 103 Å². The Balaban J connectivity index is 4.40. The molecule has 0 saturated heterocycles. The zero-order valence-corrected chi connectivity index (χ0v) is 43.2. The van der Waals surface area contributed by atoms with Gasteiger partial charge in [-0.2, -0.15) is 0 Å². The van der Waals surface area contributed by atoms with Crippen LogP contribution in [0.1, 0.15) is 239 Å². The lowest BCUT2D eigenvalue weighted by atomic mass is 10.1. The van der Waals surface area contributed by atoms with Crippen molar-refractivity contribution in [3.8, 4) is 0 Å². The van der Waals surface area contributed by atoms with Crippen molar-refractivity contribution in [1.82, 2.24) is 0 Å². The van der Waals surface area contributed by atoms with Crippen LogP contribution in [0.25, 0.3) is 0 Å². The predicted octanol–water partition coefficient (Wildman–Crippen LogP) is 18.8. The Morgan fingerprint density at radius 2 is 0.727 bits per heavy atom. The maximum atomic E-state index is 12.8. The Labute approximate surface area is 408 Å². The Morgan fingerprint density at radius 3 is 1.18 bits per heavy atom. The highest BCUT2D eigenvalue weighted by Gasteiger charge is 2.17. The van der Waals surface area contributed by atoms with Crippen molar-refractivity contribution >= 4 is 11.9 Å². The lowest BCUT2D eigenvalue weighted by molar-refractivity contribution is -0.162. The molecule has 0 N–H and O–H groups in total. The number of esters is 2. The summed E-state index contributed by atoms with van der Waals surface area (Å²) in [7, 11) is 0. The topological polar surface area (TPSA) is 61.8 Å². The Bertz CT molecular complexity index is 1310. The van der Waals surface area contributed by atoms with Crippen molar-refractivity contribution < 1.29 is 23.8 Å². The van der Waals surface area contributed by atoms with Crippen LogP contribution in [0.15, 0.2) is 109 Å². The van der Waals surface area contributed by atoms with E-state index in [4.69, 9.17) is 14.2 Å². The second kappa shape index (κ2) is 55.9. The lowest BCUT2D eigenvalue weighted by Crippen LogP contribution is -2.29. The normalized spacial score (nSPS) is 13.1. The molecule has 0 amide bonds. The highest BCUT2D eigenvalue weighted by atomic mass is 16.6. The van der Waals surface area contributed by atoms with Gasteiger partial charge in [0.1, 0.15) is 6.61 Å². The van der Waals surface area contributed by atoms with Crippen molar-refractivity contribution in [3.63, 3.8) is 0 Å². The highest BCUT2D eigenvalue weighted by Crippen LogP contribution is 2.13. The van der Waals surface area contributed by atoms with Crippen LogP contribution in [0.2, 0.25) is 0 Å². The smallest absolute Gasteiger partial charge is 0.310 e. The maximum absolute atomic E-state index is 12.8. The third-order valence-corrected chi connectivity index (χ3v) is 11.3. The Hall–Kier alpha value is -3.44. The second-order valence-corrected chi connectivity index (χ2v) is 17.7. The van der Waals surface area contributed by atoms with Crippen LogP contribution in [0.4, 0.5) is 0 Å². The average Bonchev–Trinajstić information content (AvgIpc) is 3.32. The van der Waals surface area contributed by atoms with Gasteiger partial charge in [0.25, 0.3) is 0 Å². The van der Waals surface area contributed by atoms with Crippen LogP contribution in [0.3, 0.4) is 0 Å². The van der Waals surface area contributed by atoms with Gasteiger partial charge in [0.15, 0.2) is 6.10 Å². The number of hydrogen-bond acceptors (Lipinski definition) is 5. The van der Waals surface area contributed by atoms with Crippen molar-refractivity contribution in [3.05, 3.63) is 109 Å². The molecule has 0 aliphatic rings. The molecule has 0 heterocycles. The van der Waals surface area contributed by atoms with Crippen molar-refractivity contribution in [2.24, 2.45) is 0 Å². The largest absolute Gasteiger partial charge is 0.462 e. The monoisotopic (exact) mass is 915 g/mol. The average molecular weight is 915 g/mol. The number of ether oxygens (including phenoxy) is 3. The summed E-state index contributed by atoms with van der Waals surface area (Å²) in [4.78, 5) is 25.4. The number of rotatable bonds is 49. The Kier molecular flexibility index (Phi) is 53.0. The molecule has 0 saturated carbocycles. The highest BCUT2D eigenvalue weighted by molar-refractivity contribution is 5.71. The van der Waals surface area contributed by atoms with Crippen LogP contribution < -0.4 is 0 Å². The van der Waals surface area contributed by atoms with E-state index in [1.807, 2.05) is 12.2 Å². The molecule has 0 fully saturated rings. The van der Waals surface area contributed by atoms with E-state index in [0.717, 1.165) is 83.5 Å². The quantitative estimate of drug-likeness (QED) is 0.0346. The number of hydrogen-bond donors (Lipinski definition) is 0. The van der Waals surface area contributed by atoms with Gasteiger partial charge in [-0.3, -0.25) is 9.59 Å². The van der Waals surface area contributed by atoms with E-state index >= 15 is 0 Å². The van der Waals surface area contributed by atoms with E-state index in [2.05, 4.69) is 118 Å². The van der Waals surface area contributed by atoms with Gasteiger partial charge in [0, 0.05) is 13.0 Å².